The highest BCUT2D eigenvalue weighted by Crippen LogP contribution is 2.29. The van der Waals surface area contributed by atoms with Crippen molar-refractivity contribution in [3.8, 4) is 17.0 Å². The van der Waals surface area contributed by atoms with E-state index in [4.69, 9.17) is 10.5 Å². The molecule has 0 atom stereocenters. The zero-order valence-electron chi connectivity index (χ0n) is 13.9. The van der Waals surface area contributed by atoms with Gasteiger partial charge in [-0.05, 0) is 41.0 Å². The van der Waals surface area contributed by atoms with Gasteiger partial charge in [0.2, 0.25) is 11.8 Å². The predicted octanol–water partition coefficient (Wildman–Crippen LogP) is 4.60. The van der Waals surface area contributed by atoms with E-state index in [0.29, 0.717) is 18.0 Å². The van der Waals surface area contributed by atoms with E-state index in [1.165, 1.54) is 12.1 Å². The second-order valence-electron chi connectivity index (χ2n) is 5.90. The van der Waals surface area contributed by atoms with E-state index < -0.39 is 0 Å². The fraction of sp³-hybridized carbons (Fsp3) is 0.0476. The number of aromatic nitrogens is 2. The molecule has 0 saturated heterocycles. The maximum Gasteiger partial charge on any atom is 0.226 e. The molecule has 0 unspecified atom stereocenters. The minimum Gasteiger partial charge on any atom is -0.472 e. The summed E-state index contributed by atoms with van der Waals surface area (Å²) in [4.78, 5) is 8.52. The molecule has 3 aromatic carbocycles. The Hall–Kier alpha value is -3.47. The van der Waals surface area contributed by atoms with Crippen LogP contribution in [0.4, 0.5) is 10.3 Å². The van der Waals surface area contributed by atoms with Crippen LogP contribution >= 0.6 is 0 Å². The monoisotopic (exact) mass is 345 g/mol. The van der Waals surface area contributed by atoms with Crippen LogP contribution in [0.2, 0.25) is 0 Å². The predicted molar refractivity (Wildman–Crippen MR) is 100 cm³/mol. The Labute approximate surface area is 150 Å². The highest BCUT2D eigenvalue weighted by molar-refractivity contribution is 5.89. The average molecular weight is 345 g/mol. The summed E-state index contributed by atoms with van der Waals surface area (Å²) in [7, 11) is 0. The molecule has 1 heterocycles. The summed E-state index contributed by atoms with van der Waals surface area (Å²) < 4.78 is 19.1. The maximum atomic E-state index is 13.2. The van der Waals surface area contributed by atoms with Crippen LogP contribution in [0.5, 0.6) is 5.88 Å². The number of benzene rings is 3. The Balaban J connectivity index is 1.73. The van der Waals surface area contributed by atoms with Crippen molar-refractivity contribution in [1.29, 1.82) is 0 Å². The summed E-state index contributed by atoms with van der Waals surface area (Å²) in [5.74, 6) is 0.327. The van der Waals surface area contributed by atoms with Crippen molar-refractivity contribution in [2.24, 2.45) is 0 Å². The normalized spacial score (nSPS) is 10.8. The molecule has 2 N–H and O–H groups in total. The van der Waals surface area contributed by atoms with Gasteiger partial charge in [-0.1, -0.05) is 48.5 Å². The molecule has 0 aliphatic carbocycles. The molecule has 128 valence electrons. The Morgan fingerprint density at radius 3 is 2.35 bits per heavy atom. The molecular formula is C21H16FN3O. The number of nitrogen functional groups attached to an aromatic ring is 1. The van der Waals surface area contributed by atoms with E-state index in [-0.39, 0.29) is 11.8 Å². The average Bonchev–Trinajstić information content (AvgIpc) is 2.67. The zero-order valence-corrected chi connectivity index (χ0v) is 13.9. The summed E-state index contributed by atoms with van der Waals surface area (Å²) in [6, 6.07) is 21.9. The summed E-state index contributed by atoms with van der Waals surface area (Å²) in [6.45, 7) is 0.382. The molecular weight excluding hydrogens is 329 g/mol. The number of fused-ring (bicyclic) bond motifs is 1. The first-order valence-corrected chi connectivity index (χ1v) is 8.19. The summed E-state index contributed by atoms with van der Waals surface area (Å²) in [5.41, 5.74) is 9.38. The largest absolute Gasteiger partial charge is 0.472 e. The number of nitrogens with two attached hydrogens (primary N) is 1. The lowest BCUT2D eigenvalue weighted by molar-refractivity contribution is 0.298. The molecule has 4 rings (SSSR count). The SMILES string of the molecule is Nc1nc(OCc2ccccc2)c2cc(-c3ccc(F)cc3)ccc2n1. The van der Waals surface area contributed by atoms with Gasteiger partial charge in [0.05, 0.1) is 10.9 Å². The summed E-state index contributed by atoms with van der Waals surface area (Å²) in [5, 5.41) is 0.761. The van der Waals surface area contributed by atoms with Gasteiger partial charge in [0.25, 0.3) is 0 Å². The molecule has 0 spiro atoms. The highest BCUT2D eigenvalue weighted by Gasteiger charge is 2.10. The van der Waals surface area contributed by atoms with Gasteiger partial charge in [-0.25, -0.2) is 9.37 Å². The van der Waals surface area contributed by atoms with Gasteiger partial charge in [-0.3, -0.25) is 0 Å². The maximum absolute atomic E-state index is 13.2. The zero-order chi connectivity index (χ0) is 17.9. The molecule has 0 amide bonds. The van der Waals surface area contributed by atoms with E-state index in [2.05, 4.69) is 9.97 Å². The number of rotatable bonds is 4. The number of ether oxygens (including phenoxy) is 1. The van der Waals surface area contributed by atoms with Crippen molar-refractivity contribution >= 4 is 16.9 Å². The Kier molecular flexibility index (Phi) is 4.19. The van der Waals surface area contributed by atoms with E-state index in [9.17, 15) is 4.39 Å². The first-order valence-electron chi connectivity index (χ1n) is 8.19. The van der Waals surface area contributed by atoms with Crippen molar-refractivity contribution in [3.05, 3.63) is 84.2 Å². The van der Waals surface area contributed by atoms with Crippen molar-refractivity contribution in [2.75, 3.05) is 5.73 Å². The van der Waals surface area contributed by atoms with Gasteiger partial charge in [0, 0.05) is 0 Å². The molecule has 4 aromatic rings. The van der Waals surface area contributed by atoms with Gasteiger partial charge in [-0.15, -0.1) is 0 Å². The number of halogens is 1. The van der Waals surface area contributed by atoms with Crippen LogP contribution in [0.1, 0.15) is 5.56 Å². The third kappa shape index (κ3) is 3.32. The second-order valence-corrected chi connectivity index (χ2v) is 5.90. The molecule has 0 bridgehead atoms. The van der Waals surface area contributed by atoms with Gasteiger partial charge < -0.3 is 10.5 Å². The number of anilines is 1. The van der Waals surface area contributed by atoms with Crippen LogP contribution in [0, 0.1) is 5.82 Å². The smallest absolute Gasteiger partial charge is 0.226 e. The lowest BCUT2D eigenvalue weighted by Crippen LogP contribution is -2.02. The molecule has 0 aliphatic heterocycles. The van der Waals surface area contributed by atoms with E-state index >= 15 is 0 Å². The van der Waals surface area contributed by atoms with Crippen molar-refractivity contribution in [3.63, 3.8) is 0 Å². The van der Waals surface area contributed by atoms with Crippen molar-refractivity contribution in [1.82, 2.24) is 9.97 Å². The van der Waals surface area contributed by atoms with E-state index in [0.717, 1.165) is 22.1 Å². The Morgan fingerprint density at radius 2 is 1.58 bits per heavy atom. The first kappa shape index (κ1) is 16.0. The van der Waals surface area contributed by atoms with Gasteiger partial charge in [0.15, 0.2) is 0 Å². The molecule has 0 fully saturated rings. The van der Waals surface area contributed by atoms with Crippen molar-refractivity contribution in [2.45, 2.75) is 6.61 Å². The second kappa shape index (κ2) is 6.80. The number of hydrogen-bond donors (Lipinski definition) is 1. The third-order valence-corrected chi connectivity index (χ3v) is 4.07. The molecule has 5 heteroatoms. The van der Waals surface area contributed by atoms with Gasteiger partial charge in [0.1, 0.15) is 12.4 Å². The van der Waals surface area contributed by atoms with Crippen LogP contribution in [-0.4, -0.2) is 9.97 Å². The lowest BCUT2D eigenvalue weighted by atomic mass is 10.0. The molecule has 0 saturated carbocycles. The quantitative estimate of drug-likeness (QED) is 0.587. The number of hydrogen-bond acceptors (Lipinski definition) is 4. The molecule has 26 heavy (non-hydrogen) atoms. The molecule has 4 nitrogen and oxygen atoms in total. The topological polar surface area (TPSA) is 61.0 Å². The van der Waals surface area contributed by atoms with Gasteiger partial charge in [-0.2, -0.15) is 4.98 Å². The van der Waals surface area contributed by atoms with Crippen LogP contribution < -0.4 is 10.5 Å². The third-order valence-electron chi connectivity index (χ3n) is 4.07. The minimum atomic E-state index is -0.266. The van der Waals surface area contributed by atoms with Crippen LogP contribution in [0.25, 0.3) is 22.0 Å². The Morgan fingerprint density at radius 1 is 0.846 bits per heavy atom. The van der Waals surface area contributed by atoms with Crippen LogP contribution in [0.3, 0.4) is 0 Å². The van der Waals surface area contributed by atoms with E-state index in [1.54, 1.807) is 12.1 Å². The first-order chi connectivity index (χ1) is 12.7. The molecule has 0 radical (unpaired) electrons. The lowest BCUT2D eigenvalue weighted by Gasteiger charge is -2.10. The minimum absolute atomic E-state index is 0.162. The van der Waals surface area contributed by atoms with E-state index in [1.807, 2.05) is 48.5 Å². The molecule has 0 aliphatic rings. The highest BCUT2D eigenvalue weighted by atomic mass is 19.1. The molecule has 1 aromatic heterocycles. The van der Waals surface area contributed by atoms with Crippen LogP contribution in [0.15, 0.2) is 72.8 Å². The van der Waals surface area contributed by atoms with Gasteiger partial charge >= 0.3 is 0 Å². The summed E-state index contributed by atoms with van der Waals surface area (Å²) in [6.07, 6.45) is 0. The summed E-state index contributed by atoms with van der Waals surface area (Å²) >= 11 is 0. The Bertz CT molecular complexity index is 1050. The fourth-order valence-electron chi connectivity index (χ4n) is 2.78. The standard InChI is InChI=1S/C21H16FN3O/c22-17-9-6-15(7-10-17)16-8-11-19-18(12-16)20(25-21(23)24-19)26-13-14-4-2-1-3-5-14/h1-12H,13H2,(H2,23,24,25). The fourth-order valence-corrected chi connectivity index (χ4v) is 2.78. The van der Waals surface area contributed by atoms with Crippen LogP contribution in [-0.2, 0) is 6.61 Å². The van der Waals surface area contributed by atoms with Crippen molar-refractivity contribution < 1.29 is 9.13 Å². The number of nitrogens with zero attached hydrogens (tertiary/aromatic N) is 2.